The molecule has 1 aromatic rings. The number of rotatable bonds is 8. The first-order valence-corrected chi connectivity index (χ1v) is 9.24. The van der Waals surface area contributed by atoms with Gasteiger partial charge in [0.25, 0.3) is 0 Å². The first-order chi connectivity index (χ1) is 12.1. The van der Waals surface area contributed by atoms with Crippen LogP contribution in [0.3, 0.4) is 0 Å². The zero-order chi connectivity index (χ0) is 18.1. The summed E-state index contributed by atoms with van der Waals surface area (Å²) in [5, 5.41) is 11.0. The van der Waals surface area contributed by atoms with Crippen LogP contribution in [0, 0.1) is 13.8 Å². The van der Waals surface area contributed by atoms with E-state index in [2.05, 4.69) is 25.7 Å². The zero-order valence-corrected chi connectivity index (χ0v) is 18.8. The second-order valence-electron chi connectivity index (χ2n) is 6.66. The van der Waals surface area contributed by atoms with Gasteiger partial charge in [0.05, 0.1) is 5.69 Å². The molecule has 0 atom stereocenters. The SMILES string of the molecule is CN=C(NCCc1c(C)noc1C)NC1CCN(CCCOC)CC1.I. The summed E-state index contributed by atoms with van der Waals surface area (Å²) < 4.78 is 10.3. The van der Waals surface area contributed by atoms with Crippen molar-refractivity contribution in [2.24, 2.45) is 4.99 Å². The maximum atomic E-state index is 5.21. The van der Waals surface area contributed by atoms with Crippen molar-refractivity contribution in [3.05, 3.63) is 17.0 Å². The summed E-state index contributed by atoms with van der Waals surface area (Å²) in [4.78, 5) is 6.87. The van der Waals surface area contributed by atoms with Crippen molar-refractivity contribution in [2.75, 3.05) is 46.9 Å². The van der Waals surface area contributed by atoms with E-state index in [4.69, 9.17) is 9.26 Å². The van der Waals surface area contributed by atoms with Gasteiger partial charge in [-0.05, 0) is 39.5 Å². The van der Waals surface area contributed by atoms with Crippen molar-refractivity contribution in [1.29, 1.82) is 0 Å². The maximum Gasteiger partial charge on any atom is 0.191 e. The molecule has 0 aromatic carbocycles. The number of piperidine rings is 1. The van der Waals surface area contributed by atoms with Gasteiger partial charge in [0.15, 0.2) is 5.96 Å². The summed E-state index contributed by atoms with van der Waals surface area (Å²) in [6.45, 7) is 9.01. The third kappa shape index (κ3) is 7.40. The lowest BCUT2D eigenvalue weighted by Gasteiger charge is -2.33. The fraction of sp³-hybridized carbons (Fsp3) is 0.778. The van der Waals surface area contributed by atoms with Crippen molar-refractivity contribution in [2.45, 2.75) is 45.6 Å². The Morgan fingerprint density at radius 1 is 1.35 bits per heavy atom. The molecule has 2 heterocycles. The number of hydrogen-bond acceptors (Lipinski definition) is 5. The summed E-state index contributed by atoms with van der Waals surface area (Å²) in [6.07, 6.45) is 4.30. The highest BCUT2D eigenvalue weighted by molar-refractivity contribution is 14.0. The average Bonchev–Trinajstić information content (AvgIpc) is 2.94. The van der Waals surface area contributed by atoms with Gasteiger partial charge in [-0.3, -0.25) is 4.99 Å². The van der Waals surface area contributed by atoms with Crippen LogP contribution in [-0.2, 0) is 11.2 Å². The number of ether oxygens (including phenoxy) is 1. The quantitative estimate of drug-likeness (QED) is 0.258. The van der Waals surface area contributed by atoms with Gasteiger partial charge in [-0.15, -0.1) is 24.0 Å². The molecule has 0 saturated carbocycles. The molecule has 1 fully saturated rings. The summed E-state index contributed by atoms with van der Waals surface area (Å²) >= 11 is 0. The van der Waals surface area contributed by atoms with Crippen LogP contribution in [0.15, 0.2) is 9.52 Å². The van der Waals surface area contributed by atoms with Crippen LogP contribution in [0.4, 0.5) is 0 Å². The van der Waals surface area contributed by atoms with Crippen LogP contribution in [0.2, 0.25) is 0 Å². The monoisotopic (exact) mass is 479 g/mol. The van der Waals surface area contributed by atoms with Gasteiger partial charge in [-0.2, -0.15) is 0 Å². The molecule has 1 aliphatic rings. The Morgan fingerprint density at radius 3 is 2.65 bits per heavy atom. The zero-order valence-electron chi connectivity index (χ0n) is 16.5. The lowest BCUT2D eigenvalue weighted by atomic mass is 10.1. The number of halogens is 1. The third-order valence-corrected chi connectivity index (χ3v) is 4.82. The predicted octanol–water partition coefficient (Wildman–Crippen LogP) is 2.12. The molecule has 0 amide bonds. The van der Waals surface area contributed by atoms with Crippen LogP contribution in [-0.4, -0.2) is 69.0 Å². The topological polar surface area (TPSA) is 74.9 Å². The molecule has 1 aliphatic heterocycles. The summed E-state index contributed by atoms with van der Waals surface area (Å²) in [6, 6.07) is 0.490. The van der Waals surface area contributed by atoms with Crippen LogP contribution in [0.1, 0.15) is 36.3 Å². The molecule has 1 saturated heterocycles. The van der Waals surface area contributed by atoms with Crippen molar-refractivity contribution >= 4 is 29.9 Å². The van der Waals surface area contributed by atoms with E-state index in [1.54, 1.807) is 7.11 Å². The second kappa shape index (κ2) is 12.5. The Labute approximate surface area is 174 Å². The molecule has 2 N–H and O–H groups in total. The predicted molar refractivity (Wildman–Crippen MR) is 116 cm³/mol. The Bertz CT molecular complexity index is 522. The van der Waals surface area contributed by atoms with Crippen LogP contribution < -0.4 is 10.6 Å². The average molecular weight is 479 g/mol. The molecule has 1 aromatic heterocycles. The summed E-state index contributed by atoms with van der Waals surface area (Å²) in [5.74, 6) is 1.78. The number of methoxy groups -OCH3 is 1. The number of nitrogens with zero attached hydrogens (tertiary/aromatic N) is 3. The van der Waals surface area contributed by atoms with E-state index in [9.17, 15) is 0 Å². The Balaban J connectivity index is 0.00000338. The molecule has 150 valence electrons. The summed E-state index contributed by atoms with van der Waals surface area (Å²) in [5.41, 5.74) is 2.16. The number of aliphatic imine (C=N–C) groups is 1. The lowest BCUT2D eigenvalue weighted by Crippen LogP contribution is -2.49. The first-order valence-electron chi connectivity index (χ1n) is 9.24. The highest BCUT2D eigenvalue weighted by Crippen LogP contribution is 2.12. The molecule has 8 heteroatoms. The van der Waals surface area contributed by atoms with Crippen LogP contribution >= 0.6 is 24.0 Å². The van der Waals surface area contributed by atoms with E-state index in [1.165, 1.54) is 5.56 Å². The van der Waals surface area contributed by atoms with Crippen molar-refractivity contribution in [3.63, 3.8) is 0 Å². The van der Waals surface area contributed by atoms with Gasteiger partial charge >= 0.3 is 0 Å². The van der Waals surface area contributed by atoms with Crippen LogP contribution in [0.25, 0.3) is 0 Å². The molecule has 0 bridgehead atoms. The molecular formula is C18H34IN5O2. The molecule has 2 rings (SSSR count). The van der Waals surface area contributed by atoms with Crippen molar-refractivity contribution < 1.29 is 9.26 Å². The maximum absolute atomic E-state index is 5.21. The number of hydrogen-bond donors (Lipinski definition) is 2. The minimum Gasteiger partial charge on any atom is -0.385 e. The van der Waals surface area contributed by atoms with Crippen molar-refractivity contribution in [1.82, 2.24) is 20.7 Å². The highest BCUT2D eigenvalue weighted by Gasteiger charge is 2.19. The summed E-state index contributed by atoms with van der Waals surface area (Å²) in [7, 11) is 3.59. The molecule has 0 aliphatic carbocycles. The van der Waals surface area contributed by atoms with Gasteiger partial charge in [-0.1, -0.05) is 5.16 Å². The standard InChI is InChI=1S/C18H33N5O2.HI/c1-14-17(15(2)25-22-14)6-9-20-18(19-3)21-16-7-11-23(12-8-16)10-5-13-24-4;/h16H,5-13H2,1-4H3,(H2,19,20,21);1H. The molecule has 26 heavy (non-hydrogen) atoms. The molecule has 0 unspecified atom stereocenters. The Kier molecular flexibility index (Phi) is 11.1. The van der Waals surface area contributed by atoms with Gasteiger partial charge < -0.3 is 24.8 Å². The molecule has 0 radical (unpaired) electrons. The van der Waals surface area contributed by atoms with E-state index >= 15 is 0 Å². The number of aryl methyl sites for hydroxylation is 2. The lowest BCUT2D eigenvalue weighted by molar-refractivity contribution is 0.155. The van der Waals surface area contributed by atoms with E-state index in [0.717, 1.165) is 75.9 Å². The fourth-order valence-corrected chi connectivity index (χ4v) is 3.29. The molecule has 7 nitrogen and oxygen atoms in total. The Morgan fingerprint density at radius 2 is 2.08 bits per heavy atom. The number of nitrogens with one attached hydrogen (secondary N) is 2. The van der Waals surface area contributed by atoms with Gasteiger partial charge in [0, 0.05) is 58.5 Å². The number of guanidine groups is 1. The Hall–Kier alpha value is -0.870. The van der Waals surface area contributed by atoms with E-state index < -0.39 is 0 Å². The minimum atomic E-state index is 0. The van der Waals surface area contributed by atoms with Crippen LogP contribution in [0.5, 0.6) is 0 Å². The van der Waals surface area contributed by atoms with Crippen molar-refractivity contribution in [3.8, 4) is 0 Å². The van der Waals surface area contributed by atoms with Gasteiger partial charge in [-0.25, -0.2) is 0 Å². The number of likely N-dealkylation sites (tertiary alicyclic amines) is 1. The van der Waals surface area contributed by atoms with E-state index in [1.807, 2.05) is 20.9 Å². The van der Waals surface area contributed by atoms with Gasteiger partial charge in [0.2, 0.25) is 0 Å². The van der Waals surface area contributed by atoms with E-state index in [0.29, 0.717) is 6.04 Å². The van der Waals surface area contributed by atoms with E-state index in [-0.39, 0.29) is 24.0 Å². The smallest absolute Gasteiger partial charge is 0.191 e. The first kappa shape index (κ1) is 23.2. The van der Waals surface area contributed by atoms with Gasteiger partial charge in [0.1, 0.15) is 5.76 Å². The third-order valence-electron chi connectivity index (χ3n) is 4.82. The largest absolute Gasteiger partial charge is 0.385 e. The highest BCUT2D eigenvalue weighted by atomic mass is 127. The fourth-order valence-electron chi connectivity index (χ4n) is 3.29. The second-order valence-corrected chi connectivity index (χ2v) is 6.66. The molecular weight excluding hydrogens is 445 g/mol. The molecule has 0 spiro atoms. The normalized spacial score (nSPS) is 16.4. The number of aromatic nitrogens is 1. The minimum absolute atomic E-state index is 0.